The van der Waals surface area contributed by atoms with Crippen LogP contribution in [0.1, 0.15) is 21.5 Å². The molecule has 0 radical (unpaired) electrons. The van der Waals surface area contributed by atoms with Crippen LogP contribution in [0.15, 0.2) is 48.7 Å². The summed E-state index contributed by atoms with van der Waals surface area (Å²) in [6.07, 6.45) is 1.67. The Morgan fingerprint density at radius 3 is 2.31 bits per heavy atom. The molecule has 1 saturated heterocycles. The number of ether oxygens (including phenoxy) is 2. The lowest BCUT2D eigenvalue weighted by Gasteiger charge is -2.32. The molecule has 0 bridgehead atoms. The molecule has 0 spiro atoms. The van der Waals surface area contributed by atoms with E-state index in [0.29, 0.717) is 35.2 Å². The number of hydrogen-bond donors (Lipinski definition) is 0. The molecule has 2 aromatic carbocycles. The number of carbonyl (C=O) groups is 1. The number of rotatable bonds is 7. The maximum absolute atomic E-state index is 13.7. The van der Waals surface area contributed by atoms with Crippen LogP contribution in [-0.2, 0) is 6.54 Å². The van der Waals surface area contributed by atoms with E-state index in [-0.39, 0.29) is 5.91 Å². The molecule has 3 aromatic rings. The smallest absolute Gasteiger partial charge is 0.257 e. The molecule has 1 aliphatic heterocycles. The Morgan fingerprint density at radius 2 is 1.69 bits per heavy atom. The molecule has 4 rings (SSSR count). The van der Waals surface area contributed by atoms with Crippen molar-refractivity contribution in [1.29, 1.82) is 0 Å². The molecule has 1 amide bonds. The average Bonchev–Trinajstić information content (AvgIpc) is 2.88. The third-order valence-corrected chi connectivity index (χ3v) is 6.37. The van der Waals surface area contributed by atoms with Crippen LogP contribution in [0.4, 0.5) is 5.95 Å². The van der Waals surface area contributed by atoms with Crippen molar-refractivity contribution in [3.63, 3.8) is 0 Å². The summed E-state index contributed by atoms with van der Waals surface area (Å²) in [5.74, 6) is 1.88. The average molecular weight is 476 g/mol. The first-order valence-electron chi connectivity index (χ1n) is 11.7. The van der Waals surface area contributed by atoms with Crippen molar-refractivity contribution in [1.82, 2.24) is 19.8 Å². The van der Waals surface area contributed by atoms with Gasteiger partial charge in [-0.3, -0.25) is 4.79 Å². The fraction of sp³-hybridized carbons (Fsp3) is 0.370. The predicted molar refractivity (Wildman–Crippen MR) is 137 cm³/mol. The molecule has 0 unspecified atom stereocenters. The molecule has 0 N–H and O–H groups in total. The van der Waals surface area contributed by atoms with E-state index in [0.717, 1.165) is 42.9 Å². The quantitative estimate of drug-likeness (QED) is 0.518. The fourth-order valence-corrected chi connectivity index (χ4v) is 4.24. The number of benzene rings is 2. The van der Waals surface area contributed by atoms with E-state index in [2.05, 4.69) is 21.8 Å². The minimum absolute atomic E-state index is 0.144. The Morgan fingerprint density at radius 1 is 1.03 bits per heavy atom. The highest BCUT2D eigenvalue weighted by molar-refractivity contribution is 6.00. The summed E-state index contributed by atoms with van der Waals surface area (Å²) < 4.78 is 10.8. The zero-order valence-electron chi connectivity index (χ0n) is 21.1. The van der Waals surface area contributed by atoms with Gasteiger partial charge in [0, 0.05) is 57.6 Å². The van der Waals surface area contributed by atoms with Gasteiger partial charge in [-0.05, 0) is 37.2 Å². The van der Waals surface area contributed by atoms with Crippen molar-refractivity contribution in [2.24, 2.45) is 0 Å². The van der Waals surface area contributed by atoms with Crippen LogP contribution in [-0.4, -0.2) is 80.2 Å². The largest absolute Gasteiger partial charge is 0.497 e. The molecule has 8 heteroatoms. The molecule has 2 heterocycles. The molecule has 8 nitrogen and oxygen atoms in total. The van der Waals surface area contributed by atoms with Crippen LogP contribution in [0.3, 0.4) is 0 Å². The van der Waals surface area contributed by atoms with Gasteiger partial charge >= 0.3 is 0 Å². The third kappa shape index (κ3) is 5.54. The SMILES string of the molecule is COc1cc(CN(C)C(=O)c2cnc(N3CCN(C)CC3)nc2-c2ccccc2C)cc(OC)c1. The maximum atomic E-state index is 13.7. The molecule has 1 aliphatic rings. The molecule has 0 atom stereocenters. The van der Waals surface area contributed by atoms with Gasteiger partial charge in [-0.15, -0.1) is 0 Å². The first kappa shape index (κ1) is 24.5. The zero-order valence-corrected chi connectivity index (χ0v) is 21.1. The number of carbonyl (C=O) groups excluding carboxylic acids is 1. The lowest BCUT2D eigenvalue weighted by Crippen LogP contribution is -2.45. The van der Waals surface area contributed by atoms with Crippen molar-refractivity contribution < 1.29 is 14.3 Å². The second-order valence-corrected chi connectivity index (χ2v) is 8.92. The number of nitrogens with zero attached hydrogens (tertiary/aromatic N) is 5. The number of hydrogen-bond acceptors (Lipinski definition) is 7. The molecular formula is C27H33N5O3. The highest BCUT2D eigenvalue weighted by Crippen LogP contribution is 2.29. The standard InChI is InChI=1S/C27H33N5O3/c1-19-8-6-7-9-23(19)25-24(17-28-27(29-25)32-12-10-30(2)11-13-32)26(33)31(3)18-20-14-21(34-4)16-22(15-20)35-5/h6-9,14-17H,10-13,18H2,1-5H3. The van der Waals surface area contributed by atoms with E-state index in [4.69, 9.17) is 14.5 Å². The molecule has 184 valence electrons. The Labute approximate surface area is 207 Å². The summed E-state index contributed by atoms with van der Waals surface area (Å²) in [4.78, 5) is 29.3. The number of aryl methyl sites for hydroxylation is 1. The van der Waals surface area contributed by atoms with Gasteiger partial charge in [0.25, 0.3) is 5.91 Å². The van der Waals surface area contributed by atoms with Crippen LogP contribution < -0.4 is 14.4 Å². The van der Waals surface area contributed by atoms with Gasteiger partial charge in [0.2, 0.25) is 5.95 Å². The summed E-state index contributed by atoms with van der Waals surface area (Å²) in [5, 5.41) is 0. The topological polar surface area (TPSA) is 71.0 Å². The van der Waals surface area contributed by atoms with Crippen molar-refractivity contribution in [3.8, 4) is 22.8 Å². The Kier molecular flexibility index (Phi) is 7.51. The first-order chi connectivity index (χ1) is 16.9. The van der Waals surface area contributed by atoms with E-state index < -0.39 is 0 Å². The molecule has 35 heavy (non-hydrogen) atoms. The van der Waals surface area contributed by atoms with Crippen molar-refractivity contribution >= 4 is 11.9 Å². The summed E-state index contributed by atoms with van der Waals surface area (Å²) in [7, 11) is 7.12. The van der Waals surface area contributed by atoms with E-state index in [9.17, 15) is 4.79 Å². The summed E-state index contributed by atoms with van der Waals surface area (Å²) in [5.41, 5.74) is 4.04. The summed E-state index contributed by atoms with van der Waals surface area (Å²) in [6, 6.07) is 13.6. The number of piperazine rings is 1. The monoisotopic (exact) mass is 475 g/mol. The zero-order chi connectivity index (χ0) is 24.9. The van der Waals surface area contributed by atoms with Crippen LogP contribution in [0.5, 0.6) is 11.5 Å². The number of methoxy groups -OCH3 is 2. The highest BCUT2D eigenvalue weighted by atomic mass is 16.5. The highest BCUT2D eigenvalue weighted by Gasteiger charge is 2.24. The van der Waals surface area contributed by atoms with Gasteiger partial charge in [-0.25, -0.2) is 9.97 Å². The first-order valence-corrected chi connectivity index (χ1v) is 11.7. The molecule has 1 fully saturated rings. The second kappa shape index (κ2) is 10.7. The number of amides is 1. The van der Waals surface area contributed by atoms with E-state index in [1.165, 1.54) is 0 Å². The minimum Gasteiger partial charge on any atom is -0.497 e. The number of aromatic nitrogens is 2. The normalized spacial score (nSPS) is 14.0. The van der Waals surface area contributed by atoms with E-state index in [1.807, 2.05) is 49.4 Å². The lowest BCUT2D eigenvalue weighted by molar-refractivity contribution is 0.0785. The Bertz CT molecular complexity index is 1170. The summed E-state index contributed by atoms with van der Waals surface area (Å²) in [6.45, 7) is 6.05. The van der Waals surface area contributed by atoms with Crippen molar-refractivity contribution in [2.45, 2.75) is 13.5 Å². The van der Waals surface area contributed by atoms with Crippen LogP contribution >= 0.6 is 0 Å². The molecule has 0 aliphatic carbocycles. The van der Waals surface area contributed by atoms with Crippen molar-refractivity contribution in [2.75, 3.05) is 59.4 Å². The van der Waals surface area contributed by atoms with Crippen LogP contribution in [0, 0.1) is 6.92 Å². The van der Waals surface area contributed by atoms with Gasteiger partial charge in [-0.2, -0.15) is 0 Å². The van der Waals surface area contributed by atoms with E-state index in [1.54, 1.807) is 32.4 Å². The number of anilines is 1. The molecule has 0 saturated carbocycles. The lowest BCUT2D eigenvalue weighted by atomic mass is 10.0. The van der Waals surface area contributed by atoms with Gasteiger partial charge < -0.3 is 24.2 Å². The van der Waals surface area contributed by atoms with E-state index >= 15 is 0 Å². The van der Waals surface area contributed by atoms with Gasteiger partial charge in [-0.1, -0.05) is 24.3 Å². The van der Waals surface area contributed by atoms with Gasteiger partial charge in [0.15, 0.2) is 0 Å². The minimum atomic E-state index is -0.144. The van der Waals surface area contributed by atoms with Gasteiger partial charge in [0.1, 0.15) is 11.5 Å². The summed E-state index contributed by atoms with van der Waals surface area (Å²) >= 11 is 0. The van der Waals surface area contributed by atoms with Crippen molar-refractivity contribution in [3.05, 3.63) is 65.4 Å². The van der Waals surface area contributed by atoms with Crippen LogP contribution in [0.2, 0.25) is 0 Å². The second-order valence-electron chi connectivity index (χ2n) is 8.92. The Balaban J connectivity index is 1.67. The third-order valence-electron chi connectivity index (χ3n) is 6.37. The van der Waals surface area contributed by atoms with Crippen LogP contribution in [0.25, 0.3) is 11.3 Å². The predicted octanol–water partition coefficient (Wildman–Crippen LogP) is 3.49. The fourth-order valence-electron chi connectivity index (χ4n) is 4.24. The number of likely N-dealkylation sites (N-methyl/N-ethyl adjacent to an activating group) is 1. The Hall–Kier alpha value is -3.65. The van der Waals surface area contributed by atoms with Gasteiger partial charge in [0.05, 0.1) is 25.5 Å². The molecular weight excluding hydrogens is 442 g/mol. The maximum Gasteiger partial charge on any atom is 0.257 e. The molecule has 1 aromatic heterocycles.